The first kappa shape index (κ1) is 16.3. The van der Waals surface area contributed by atoms with Crippen molar-refractivity contribution in [3.05, 3.63) is 16.5 Å². The fraction of sp³-hybridized carbons (Fsp3) is 0.714. The summed E-state index contributed by atoms with van der Waals surface area (Å²) in [7, 11) is -1.65. The molecular weight excluding hydrogens is 314 g/mol. The number of rotatable bonds is 4. The van der Waals surface area contributed by atoms with Crippen molar-refractivity contribution < 1.29 is 8.42 Å². The average molecular weight is 336 g/mol. The molecule has 0 radical (unpaired) electrons. The number of sulfonamides is 1. The number of hydrogen-bond acceptors (Lipinski definition) is 3. The van der Waals surface area contributed by atoms with Gasteiger partial charge in [0.2, 0.25) is 0 Å². The van der Waals surface area contributed by atoms with Gasteiger partial charge in [-0.1, -0.05) is 25.7 Å². The van der Waals surface area contributed by atoms with E-state index in [0.717, 1.165) is 36.1 Å². The summed E-state index contributed by atoms with van der Waals surface area (Å²) < 4.78 is 27.4. The Morgan fingerprint density at radius 1 is 1.30 bits per heavy atom. The number of halogens is 1. The lowest BCUT2D eigenvalue weighted by Gasteiger charge is -2.25. The first-order valence-electron chi connectivity index (χ1n) is 7.10. The summed E-state index contributed by atoms with van der Waals surface area (Å²) in [6.07, 6.45) is 6.64. The van der Waals surface area contributed by atoms with E-state index in [9.17, 15) is 8.42 Å². The Morgan fingerprint density at radius 2 is 1.90 bits per heavy atom. The molecule has 1 aliphatic carbocycles. The third-order valence-corrected chi connectivity index (χ3v) is 8.11. The molecule has 1 heterocycles. The lowest BCUT2D eigenvalue weighted by Crippen LogP contribution is -2.36. The van der Waals surface area contributed by atoms with Crippen LogP contribution in [0.5, 0.6) is 0 Å². The fourth-order valence-electron chi connectivity index (χ4n) is 2.71. The second kappa shape index (κ2) is 6.77. The predicted molar refractivity (Wildman–Crippen MR) is 85.1 cm³/mol. The number of hydrogen-bond donors (Lipinski definition) is 0. The Morgan fingerprint density at radius 3 is 2.40 bits per heavy atom. The van der Waals surface area contributed by atoms with Gasteiger partial charge in [0.1, 0.15) is 4.21 Å². The van der Waals surface area contributed by atoms with Crippen molar-refractivity contribution in [2.75, 3.05) is 7.05 Å². The van der Waals surface area contributed by atoms with Gasteiger partial charge in [-0.3, -0.25) is 0 Å². The maximum Gasteiger partial charge on any atom is 0.252 e. The molecule has 0 aliphatic heterocycles. The van der Waals surface area contributed by atoms with Crippen LogP contribution in [0.25, 0.3) is 0 Å². The van der Waals surface area contributed by atoms with E-state index in [0.29, 0.717) is 10.1 Å². The predicted octanol–water partition coefficient (Wildman–Crippen LogP) is 4.14. The highest BCUT2D eigenvalue weighted by atomic mass is 35.5. The Balaban J connectivity index is 2.23. The molecule has 2 rings (SSSR count). The number of nitrogens with zero attached hydrogens (tertiary/aromatic N) is 1. The molecule has 6 heteroatoms. The third kappa shape index (κ3) is 3.38. The normalized spacial score (nSPS) is 18.4. The van der Waals surface area contributed by atoms with Crippen LogP contribution in [0.4, 0.5) is 0 Å². The summed E-state index contributed by atoms with van der Waals surface area (Å²) in [5.74, 6) is 0.374. The summed E-state index contributed by atoms with van der Waals surface area (Å²) in [6.45, 7) is 1.92. The van der Waals surface area contributed by atoms with Crippen LogP contribution in [0, 0.1) is 6.92 Å². The Labute approximate surface area is 131 Å². The number of thiophene rings is 1. The van der Waals surface area contributed by atoms with E-state index in [2.05, 4.69) is 0 Å². The molecule has 0 N–H and O–H groups in total. The summed E-state index contributed by atoms with van der Waals surface area (Å²) in [5, 5.41) is 0. The quantitative estimate of drug-likeness (QED) is 0.612. The number of aryl methyl sites for hydroxylation is 1. The SMILES string of the molecule is Cc1cc(S(=O)(=O)N(C)C2CCCCCC2)sc1CCl. The second-order valence-corrected chi connectivity index (χ2v) is 9.10. The van der Waals surface area contributed by atoms with E-state index < -0.39 is 10.0 Å². The highest BCUT2D eigenvalue weighted by Gasteiger charge is 2.30. The maximum absolute atomic E-state index is 12.7. The zero-order valence-corrected chi connectivity index (χ0v) is 14.5. The van der Waals surface area contributed by atoms with Gasteiger partial charge in [-0.15, -0.1) is 22.9 Å². The first-order chi connectivity index (χ1) is 9.46. The summed E-state index contributed by atoms with van der Waals surface area (Å²) >= 11 is 7.15. The van der Waals surface area contributed by atoms with Crippen LogP contribution in [0.15, 0.2) is 10.3 Å². The van der Waals surface area contributed by atoms with Crippen molar-refractivity contribution in [3.8, 4) is 0 Å². The second-order valence-electron chi connectivity index (χ2n) is 5.47. The minimum Gasteiger partial charge on any atom is -0.206 e. The zero-order chi connectivity index (χ0) is 14.8. The van der Waals surface area contributed by atoms with Crippen LogP contribution in [0.2, 0.25) is 0 Å². The van der Waals surface area contributed by atoms with Gasteiger partial charge in [0, 0.05) is 18.0 Å². The zero-order valence-electron chi connectivity index (χ0n) is 12.1. The van der Waals surface area contributed by atoms with Gasteiger partial charge in [0.25, 0.3) is 10.0 Å². The van der Waals surface area contributed by atoms with Gasteiger partial charge >= 0.3 is 0 Å². The van der Waals surface area contributed by atoms with E-state index in [1.165, 1.54) is 24.2 Å². The minimum absolute atomic E-state index is 0.143. The number of alkyl halides is 1. The maximum atomic E-state index is 12.7. The molecule has 0 unspecified atom stereocenters. The van der Waals surface area contributed by atoms with Gasteiger partial charge in [0.15, 0.2) is 0 Å². The first-order valence-corrected chi connectivity index (χ1v) is 9.89. The minimum atomic E-state index is -3.37. The molecule has 0 bridgehead atoms. The Hall–Kier alpha value is -0.100. The van der Waals surface area contributed by atoms with Crippen molar-refractivity contribution in [1.82, 2.24) is 4.31 Å². The molecule has 0 amide bonds. The van der Waals surface area contributed by atoms with E-state index in [1.54, 1.807) is 17.4 Å². The smallest absolute Gasteiger partial charge is 0.206 e. The molecule has 114 valence electrons. The van der Waals surface area contributed by atoms with Crippen LogP contribution in [0.3, 0.4) is 0 Å². The van der Waals surface area contributed by atoms with Crippen LogP contribution in [0.1, 0.15) is 49.0 Å². The lowest BCUT2D eigenvalue weighted by atomic mass is 10.1. The molecule has 0 spiro atoms. The fourth-order valence-corrected chi connectivity index (χ4v) is 6.12. The van der Waals surface area contributed by atoms with Crippen LogP contribution < -0.4 is 0 Å². The van der Waals surface area contributed by atoms with Gasteiger partial charge in [0.05, 0.1) is 5.88 Å². The van der Waals surface area contributed by atoms with Crippen molar-refractivity contribution >= 4 is 33.0 Å². The molecule has 0 atom stereocenters. The van der Waals surface area contributed by atoms with Crippen LogP contribution in [-0.4, -0.2) is 25.8 Å². The average Bonchev–Trinajstić information content (AvgIpc) is 2.65. The monoisotopic (exact) mass is 335 g/mol. The van der Waals surface area contributed by atoms with Crippen LogP contribution in [-0.2, 0) is 15.9 Å². The van der Waals surface area contributed by atoms with Crippen molar-refractivity contribution in [2.45, 2.75) is 61.6 Å². The van der Waals surface area contributed by atoms with E-state index in [4.69, 9.17) is 11.6 Å². The molecule has 1 fully saturated rings. The topological polar surface area (TPSA) is 37.4 Å². The van der Waals surface area contributed by atoms with E-state index >= 15 is 0 Å². The summed E-state index contributed by atoms with van der Waals surface area (Å²) in [6, 6.07) is 1.90. The summed E-state index contributed by atoms with van der Waals surface area (Å²) in [4.78, 5) is 0.944. The van der Waals surface area contributed by atoms with Gasteiger partial charge in [-0.25, -0.2) is 8.42 Å². The standard InChI is InChI=1S/C14H22ClNO2S2/c1-11-9-14(19-13(11)10-15)20(17,18)16(2)12-7-5-3-4-6-8-12/h9,12H,3-8,10H2,1-2H3. The van der Waals surface area contributed by atoms with Crippen molar-refractivity contribution in [1.29, 1.82) is 0 Å². The molecule has 20 heavy (non-hydrogen) atoms. The van der Waals surface area contributed by atoms with Crippen molar-refractivity contribution in [3.63, 3.8) is 0 Å². The summed E-state index contributed by atoms with van der Waals surface area (Å²) in [5.41, 5.74) is 0.970. The van der Waals surface area contributed by atoms with E-state index in [1.807, 2.05) is 6.92 Å². The third-order valence-electron chi connectivity index (χ3n) is 4.09. The molecule has 3 nitrogen and oxygen atoms in total. The molecule has 0 saturated heterocycles. The highest BCUT2D eigenvalue weighted by molar-refractivity contribution is 7.91. The highest BCUT2D eigenvalue weighted by Crippen LogP contribution is 2.32. The Kier molecular flexibility index (Phi) is 5.51. The largest absolute Gasteiger partial charge is 0.252 e. The molecule has 1 saturated carbocycles. The van der Waals surface area contributed by atoms with Crippen LogP contribution >= 0.6 is 22.9 Å². The van der Waals surface area contributed by atoms with Gasteiger partial charge in [-0.2, -0.15) is 4.31 Å². The molecular formula is C14H22ClNO2S2. The van der Waals surface area contributed by atoms with Crippen molar-refractivity contribution in [2.24, 2.45) is 0 Å². The Bertz CT molecular complexity index is 546. The van der Waals surface area contributed by atoms with E-state index in [-0.39, 0.29) is 6.04 Å². The van der Waals surface area contributed by atoms with Gasteiger partial charge in [-0.05, 0) is 31.4 Å². The van der Waals surface area contributed by atoms with Gasteiger partial charge < -0.3 is 0 Å². The molecule has 1 aromatic heterocycles. The molecule has 0 aromatic carbocycles. The molecule has 1 aromatic rings. The molecule has 1 aliphatic rings. The lowest BCUT2D eigenvalue weighted by molar-refractivity contribution is 0.336.